The number of fused-ring (bicyclic) bond motifs is 1. The molecule has 0 fully saturated rings. The van der Waals surface area contributed by atoms with Crippen molar-refractivity contribution in [3.63, 3.8) is 0 Å². The highest BCUT2D eigenvalue weighted by Crippen LogP contribution is 2.21. The topological polar surface area (TPSA) is 41.6 Å². The maximum Gasteiger partial charge on any atom is 0.123 e. The molecule has 25 heavy (non-hydrogen) atoms. The number of nitrogens with zero attached hydrogens (tertiary/aromatic N) is 2. The summed E-state index contributed by atoms with van der Waals surface area (Å²) < 4.78 is 13.0. The number of aromatic nitrogens is 3. The molecule has 4 heteroatoms. The number of rotatable bonds is 4. The van der Waals surface area contributed by atoms with Gasteiger partial charge in [0.15, 0.2) is 0 Å². The summed E-state index contributed by atoms with van der Waals surface area (Å²) in [5.74, 6) is -0.212. The van der Waals surface area contributed by atoms with E-state index in [1.807, 2.05) is 48.6 Å². The van der Waals surface area contributed by atoms with Gasteiger partial charge in [-0.2, -0.15) is 5.10 Å². The second-order valence-electron chi connectivity index (χ2n) is 5.88. The molecule has 0 aliphatic rings. The predicted molar refractivity (Wildman–Crippen MR) is 98.5 cm³/mol. The highest BCUT2D eigenvalue weighted by Gasteiger charge is 2.05. The summed E-state index contributed by atoms with van der Waals surface area (Å²) in [7, 11) is 0. The minimum absolute atomic E-state index is 0.212. The summed E-state index contributed by atoms with van der Waals surface area (Å²) in [6.07, 6.45) is 6.43. The molecule has 0 unspecified atom stereocenters. The smallest absolute Gasteiger partial charge is 0.123 e. The van der Waals surface area contributed by atoms with E-state index in [2.05, 4.69) is 27.3 Å². The van der Waals surface area contributed by atoms with E-state index < -0.39 is 0 Å². The van der Waals surface area contributed by atoms with Gasteiger partial charge in [0, 0.05) is 11.6 Å². The van der Waals surface area contributed by atoms with Crippen molar-refractivity contribution in [2.45, 2.75) is 6.42 Å². The minimum Gasteiger partial charge on any atom is -0.277 e. The lowest BCUT2D eigenvalue weighted by Crippen LogP contribution is -1.88. The summed E-state index contributed by atoms with van der Waals surface area (Å²) in [5, 5.41) is 8.49. The van der Waals surface area contributed by atoms with Crippen LogP contribution in [0.3, 0.4) is 0 Å². The second kappa shape index (κ2) is 6.69. The van der Waals surface area contributed by atoms with Gasteiger partial charge in [0.05, 0.1) is 16.9 Å². The van der Waals surface area contributed by atoms with Crippen molar-refractivity contribution in [2.24, 2.45) is 0 Å². The number of halogens is 1. The second-order valence-corrected chi connectivity index (χ2v) is 5.88. The summed E-state index contributed by atoms with van der Waals surface area (Å²) in [5.41, 5.74) is 4.99. The van der Waals surface area contributed by atoms with Crippen molar-refractivity contribution < 1.29 is 4.39 Å². The van der Waals surface area contributed by atoms with Crippen LogP contribution < -0.4 is 0 Å². The summed E-state index contributed by atoms with van der Waals surface area (Å²) in [6.45, 7) is 0. The Morgan fingerprint density at radius 1 is 0.920 bits per heavy atom. The van der Waals surface area contributed by atoms with Crippen LogP contribution in [0.2, 0.25) is 0 Å². The average molecular weight is 329 g/mol. The Kier molecular flexibility index (Phi) is 4.09. The van der Waals surface area contributed by atoms with Gasteiger partial charge in [0.25, 0.3) is 0 Å². The van der Waals surface area contributed by atoms with E-state index in [1.165, 1.54) is 12.1 Å². The molecule has 0 aliphatic carbocycles. The highest BCUT2D eigenvalue weighted by atomic mass is 19.1. The SMILES string of the molecule is Fc1ccc(Cc2ccc3[nH]nc(/C=C/c4ccccn4)c3c2)cc1. The van der Waals surface area contributed by atoms with Crippen LogP contribution in [0.4, 0.5) is 4.39 Å². The summed E-state index contributed by atoms with van der Waals surface area (Å²) in [6, 6.07) is 18.6. The van der Waals surface area contributed by atoms with Crippen LogP contribution in [0.5, 0.6) is 0 Å². The van der Waals surface area contributed by atoms with E-state index in [4.69, 9.17) is 0 Å². The molecule has 0 aliphatic heterocycles. The van der Waals surface area contributed by atoms with Gasteiger partial charge in [-0.25, -0.2) is 4.39 Å². The highest BCUT2D eigenvalue weighted by molar-refractivity contribution is 5.89. The molecule has 0 spiro atoms. The largest absolute Gasteiger partial charge is 0.277 e. The van der Waals surface area contributed by atoms with E-state index in [0.29, 0.717) is 0 Å². The van der Waals surface area contributed by atoms with E-state index in [-0.39, 0.29) is 5.82 Å². The third kappa shape index (κ3) is 3.48. The fourth-order valence-corrected chi connectivity index (χ4v) is 2.80. The van der Waals surface area contributed by atoms with Crippen molar-refractivity contribution >= 4 is 23.1 Å². The molecular weight excluding hydrogens is 313 g/mol. The van der Waals surface area contributed by atoms with Crippen molar-refractivity contribution in [1.82, 2.24) is 15.2 Å². The van der Waals surface area contributed by atoms with Gasteiger partial charge in [-0.3, -0.25) is 10.1 Å². The van der Waals surface area contributed by atoms with Crippen LogP contribution in [0, 0.1) is 5.82 Å². The molecule has 0 radical (unpaired) electrons. The number of hydrogen-bond donors (Lipinski definition) is 1. The first-order valence-corrected chi connectivity index (χ1v) is 8.08. The molecule has 2 aromatic carbocycles. The lowest BCUT2D eigenvalue weighted by atomic mass is 10.0. The Balaban J connectivity index is 1.63. The molecule has 0 bridgehead atoms. The molecular formula is C21H16FN3. The molecule has 122 valence electrons. The normalized spacial score (nSPS) is 11.4. The zero-order chi connectivity index (χ0) is 17.1. The monoisotopic (exact) mass is 329 g/mol. The van der Waals surface area contributed by atoms with Crippen LogP contribution in [0.25, 0.3) is 23.1 Å². The maximum absolute atomic E-state index is 13.0. The molecule has 1 N–H and O–H groups in total. The number of benzene rings is 2. The fourth-order valence-electron chi connectivity index (χ4n) is 2.80. The first kappa shape index (κ1) is 15.3. The van der Waals surface area contributed by atoms with Crippen molar-refractivity contribution in [3.8, 4) is 0 Å². The van der Waals surface area contributed by atoms with Crippen LogP contribution in [-0.2, 0) is 6.42 Å². The summed E-state index contributed by atoms with van der Waals surface area (Å²) >= 11 is 0. The Morgan fingerprint density at radius 2 is 1.76 bits per heavy atom. The number of nitrogens with one attached hydrogen (secondary N) is 1. The molecule has 0 amide bonds. The molecule has 2 heterocycles. The molecule has 0 saturated heterocycles. The number of hydrogen-bond acceptors (Lipinski definition) is 2. The first-order chi connectivity index (χ1) is 12.3. The number of pyridine rings is 1. The van der Waals surface area contributed by atoms with Crippen molar-refractivity contribution in [1.29, 1.82) is 0 Å². The average Bonchev–Trinajstić information content (AvgIpc) is 3.05. The zero-order valence-electron chi connectivity index (χ0n) is 13.5. The summed E-state index contributed by atoms with van der Waals surface area (Å²) in [4.78, 5) is 4.28. The lowest BCUT2D eigenvalue weighted by Gasteiger charge is -2.02. The van der Waals surface area contributed by atoms with Gasteiger partial charge >= 0.3 is 0 Å². The van der Waals surface area contributed by atoms with Crippen LogP contribution in [-0.4, -0.2) is 15.2 Å². The van der Waals surface area contributed by atoms with Gasteiger partial charge in [-0.05, 0) is 66.1 Å². The molecule has 4 rings (SSSR count). The molecule has 3 nitrogen and oxygen atoms in total. The van der Waals surface area contributed by atoms with Crippen molar-refractivity contribution in [3.05, 3.63) is 95.2 Å². The predicted octanol–water partition coefficient (Wildman–Crippen LogP) is 4.86. The van der Waals surface area contributed by atoms with Crippen LogP contribution in [0.1, 0.15) is 22.5 Å². The third-order valence-electron chi connectivity index (χ3n) is 4.08. The Morgan fingerprint density at radius 3 is 2.56 bits per heavy atom. The number of aromatic amines is 1. The lowest BCUT2D eigenvalue weighted by molar-refractivity contribution is 0.627. The Labute approximate surface area is 144 Å². The van der Waals surface area contributed by atoms with Crippen molar-refractivity contribution in [2.75, 3.05) is 0 Å². The maximum atomic E-state index is 13.0. The Bertz CT molecular complexity index is 1020. The first-order valence-electron chi connectivity index (χ1n) is 8.08. The van der Waals surface area contributed by atoms with E-state index in [9.17, 15) is 4.39 Å². The fraction of sp³-hybridized carbons (Fsp3) is 0.0476. The molecule has 0 saturated carbocycles. The standard InChI is InChI=1S/C21H16FN3/c22-17-7-4-15(5-8-17)13-16-6-10-20-19(14-16)21(25-24-20)11-9-18-3-1-2-12-23-18/h1-12,14H,13H2,(H,24,25)/b11-9+. The Hall–Kier alpha value is -3.27. The molecule has 2 aromatic heterocycles. The zero-order valence-corrected chi connectivity index (χ0v) is 13.5. The van der Waals surface area contributed by atoms with Gasteiger partial charge in [-0.15, -0.1) is 0 Å². The van der Waals surface area contributed by atoms with E-state index >= 15 is 0 Å². The van der Waals surface area contributed by atoms with Crippen LogP contribution in [0.15, 0.2) is 66.9 Å². The molecule has 0 atom stereocenters. The quantitative estimate of drug-likeness (QED) is 0.581. The molecule has 4 aromatic rings. The van der Waals surface area contributed by atoms with E-state index in [0.717, 1.165) is 39.8 Å². The van der Waals surface area contributed by atoms with Gasteiger partial charge < -0.3 is 0 Å². The number of H-pyrrole nitrogens is 1. The van der Waals surface area contributed by atoms with Crippen LogP contribution >= 0.6 is 0 Å². The van der Waals surface area contributed by atoms with E-state index in [1.54, 1.807) is 6.20 Å². The van der Waals surface area contributed by atoms with Gasteiger partial charge in [-0.1, -0.05) is 24.3 Å². The third-order valence-corrected chi connectivity index (χ3v) is 4.08. The van der Waals surface area contributed by atoms with Gasteiger partial charge in [0.1, 0.15) is 5.82 Å². The minimum atomic E-state index is -0.212. The van der Waals surface area contributed by atoms with Gasteiger partial charge in [0.2, 0.25) is 0 Å².